The van der Waals surface area contributed by atoms with E-state index >= 15 is 0 Å². The number of carboxylic acids is 1. The van der Waals surface area contributed by atoms with Gasteiger partial charge in [0.05, 0.1) is 0 Å². The van der Waals surface area contributed by atoms with E-state index in [1.807, 2.05) is 27.7 Å². The van der Waals surface area contributed by atoms with Crippen LogP contribution in [0.1, 0.15) is 27.8 Å². The van der Waals surface area contributed by atoms with Crippen molar-refractivity contribution in [3.8, 4) is 5.75 Å². The summed E-state index contributed by atoms with van der Waals surface area (Å²) in [6.45, 7) is 7.41. The van der Waals surface area contributed by atoms with Crippen LogP contribution in [0.25, 0.3) is 0 Å². The Morgan fingerprint density at radius 3 is 1.88 bits per heavy atom. The van der Waals surface area contributed by atoms with Crippen molar-refractivity contribution >= 4 is 5.97 Å². The Morgan fingerprint density at radius 1 is 1.12 bits per heavy atom. The van der Waals surface area contributed by atoms with E-state index in [1.165, 1.54) is 0 Å². The summed E-state index contributed by atoms with van der Waals surface area (Å²) in [5.41, 5.74) is 9.91. The molecule has 0 amide bonds. The largest absolute Gasteiger partial charge is 0.507 e. The lowest BCUT2D eigenvalue weighted by molar-refractivity contribution is -0.138. The number of hydrogen-bond donors (Lipinski definition) is 3. The minimum Gasteiger partial charge on any atom is -0.507 e. The Hall–Kier alpha value is -1.55. The van der Waals surface area contributed by atoms with Crippen molar-refractivity contribution in [2.75, 3.05) is 0 Å². The van der Waals surface area contributed by atoms with Crippen molar-refractivity contribution in [1.82, 2.24) is 0 Å². The van der Waals surface area contributed by atoms with Gasteiger partial charge in [0, 0.05) is 0 Å². The molecule has 0 saturated heterocycles. The zero-order valence-electron chi connectivity index (χ0n) is 10.7. The van der Waals surface area contributed by atoms with Crippen LogP contribution in [-0.4, -0.2) is 22.2 Å². The van der Waals surface area contributed by atoms with Gasteiger partial charge in [-0.3, -0.25) is 4.79 Å². The minimum atomic E-state index is -1.01. The molecule has 0 bridgehead atoms. The molecule has 0 aliphatic carbocycles. The van der Waals surface area contributed by atoms with Gasteiger partial charge in [0.2, 0.25) is 0 Å². The van der Waals surface area contributed by atoms with Crippen molar-refractivity contribution in [1.29, 1.82) is 0 Å². The van der Waals surface area contributed by atoms with Crippen LogP contribution in [0.15, 0.2) is 0 Å². The monoisotopic (exact) mass is 237 g/mol. The van der Waals surface area contributed by atoms with E-state index in [-0.39, 0.29) is 12.2 Å². The number of nitrogens with two attached hydrogens (primary N) is 1. The topological polar surface area (TPSA) is 83.6 Å². The maximum atomic E-state index is 10.8. The van der Waals surface area contributed by atoms with Crippen LogP contribution < -0.4 is 5.73 Å². The van der Waals surface area contributed by atoms with E-state index < -0.39 is 12.0 Å². The average Bonchev–Trinajstić information content (AvgIpc) is 2.29. The predicted molar refractivity (Wildman–Crippen MR) is 66.4 cm³/mol. The van der Waals surface area contributed by atoms with Gasteiger partial charge < -0.3 is 15.9 Å². The van der Waals surface area contributed by atoms with Gasteiger partial charge >= 0.3 is 5.97 Å². The number of benzene rings is 1. The van der Waals surface area contributed by atoms with Crippen molar-refractivity contribution in [3.05, 3.63) is 27.8 Å². The summed E-state index contributed by atoms with van der Waals surface area (Å²) in [4.78, 5) is 10.8. The molecule has 0 unspecified atom stereocenters. The number of carboxylic acid groups (broad SMARTS) is 1. The molecule has 0 aliphatic rings. The summed E-state index contributed by atoms with van der Waals surface area (Å²) >= 11 is 0. The first-order valence-electron chi connectivity index (χ1n) is 5.54. The molecule has 1 aromatic rings. The summed E-state index contributed by atoms with van der Waals surface area (Å²) in [5, 5.41) is 18.7. The molecule has 0 heterocycles. The Balaban J connectivity index is 3.30. The van der Waals surface area contributed by atoms with Gasteiger partial charge in [0.15, 0.2) is 0 Å². The molecule has 0 radical (unpaired) electrons. The second-order valence-corrected chi connectivity index (χ2v) is 4.48. The van der Waals surface area contributed by atoms with Crippen LogP contribution in [0.4, 0.5) is 0 Å². The molecule has 0 saturated carbocycles. The molecule has 0 fully saturated rings. The zero-order valence-corrected chi connectivity index (χ0v) is 10.7. The average molecular weight is 237 g/mol. The smallest absolute Gasteiger partial charge is 0.320 e. The summed E-state index contributed by atoms with van der Waals surface area (Å²) < 4.78 is 0. The first-order chi connectivity index (χ1) is 7.77. The fourth-order valence-corrected chi connectivity index (χ4v) is 1.98. The summed E-state index contributed by atoms with van der Waals surface area (Å²) in [5.74, 6) is -0.722. The summed E-state index contributed by atoms with van der Waals surface area (Å²) in [7, 11) is 0. The standard InChI is InChI=1S/C13H19NO3/c1-6-8(3)12(15)9(4)7(2)10(6)5-11(14)13(16)17/h11,15H,5,14H2,1-4H3,(H,16,17)/t11-/m0/s1. The van der Waals surface area contributed by atoms with Gasteiger partial charge in [-0.25, -0.2) is 0 Å². The number of aromatic hydroxyl groups is 1. The summed E-state index contributed by atoms with van der Waals surface area (Å²) in [6.07, 6.45) is 0.287. The number of aliphatic carboxylic acids is 1. The molecule has 17 heavy (non-hydrogen) atoms. The lowest BCUT2D eigenvalue weighted by Gasteiger charge is -2.18. The zero-order chi connectivity index (χ0) is 13.3. The van der Waals surface area contributed by atoms with Crippen LogP contribution in [0.5, 0.6) is 5.75 Å². The van der Waals surface area contributed by atoms with E-state index in [2.05, 4.69) is 0 Å². The van der Waals surface area contributed by atoms with Crippen LogP contribution >= 0.6 is 0 Å². The highest BCUT2D eigenvalue weighted by atomic mass is 16.4. The third-order valence-electron chi connectivity index (χ3n) is 3.48. The van der Waals surface area contributed by atoms with E-state index in [0.29, 0.717) is 0 Å². The maximum absolute atomic E-state index is 10.8. The Kier molecular flexibility index (Phi) is 3.78. The molecule has 1 atom stereocenters. The van der Waals surface area contributed by atoms with Gasteiger partial charge in [0.1, 0.15) is 11.8 Å². The molecule has 0 aliphatic heterocycles. The van der Waals surface area contributed by atoms with Gasteiger partial charge in [-0.2, -0.15) is 0 Å². The lowest BCUT2D eigenvalue weighted by atomic mass is 9.89. The molecular weight excluding hydrogens is 218 g/mol. The second-order valence-electron chi connectivity index (χ2n) is 4.48. The van der Waals surface area contributed by atoms with Crippen LogP contribution in [0.2, 0.25) is 0 Å². The molecule has 1 rings (SSSR count). The fraction of sp³-hybridized carbons (Fsp3) is 0.462. The molecule has 4 N–H and O–H groups in total. The molecule has 4 nitrogen and oxygen atoms in total. The maximum Gasteiger partial charge on any atom is 0.320 e. The van der Waals surface area contributed by atoms with Gasteiger partial charge in [0.25, 0.3) is 0 Å². The number of phenolic OH excluding ortho intramolecular Hbond substituents is 1. The van der Waals surface area contributed by atoms with Crippen molar-refractivity contribution in [2.45, 2.75) is 40.2 Å². The Labute approximate surface area is 101 Å². The number of carbonyl (C=O) groups is 1. The quantitative estimate of drug-likeness (QED) is 0.745. The molecule has 4 heteroatoms. The highest BCUT2D eigenvalue weighted by molar-refractivity contribution is 5.74. The van der Waals surface area contributed by atoms with Gasteiger partial charge in [-0.1, -0.05) is 0 Å². The SMILES string of the molecule is Cc1c(C)c(C[C@H](N)C(=O)O)c(C)c(C)c1O. The van der Waals surface area contributed by atoms with Gasteiger partial charge in [-0.15, -0.1) is 0 Å². The fourth-order valence-electron chi connectivity index (χ4n) is 1.98. The van der Waals surface area contributed by atoms with E-state index in [1.54, 1.807) is 0 Å². The molecule has 1 aromatic carbocycles. The third kappa shape index (κ3) is 2.42. The van der Waals surface area contributed by atoms with Crippen molar-refractivity contribution in [3.63, 3.8) is 0 Å². The van der Waals surface area contributed by atoms with E-state index in [9.17, 15) is 9.90 Å². The minimum absolute atomic E-state index is 0.285. The molecular formula is C13H19NO3. The Bertz CT molecular complexity index is 437. The predicted octanol–water partition coefficient (Wildman–Crippen LogP) is 1.58. The Morgan fingerprint density at radius 2 is 1.53 bits per heavy atom. The number of phenols is 1. The van der Waals surface area contributed by atoms with Crippen LogP contribution in [0, 0.1) is 27.7 Å². The van der Waals surface area contributed by atoms with E-state index in [0.717, 1.165) is 27.8 Å². The van der Waals surface area contributed by atoms with E-state index in [4.69, 9.17) is 10.8 Å². The van der Waals surface area contributed by atoms with Crippen molar-refractivity contribution < 1.29 is 15.0 Å². The molecule has 94 valence electrons. The van der Waals surface area contributed by atoms with Crippen LogP contribution in [-0.2, 0) is 11.2 Å². The van der Waals surface area contributed by atoms with Gasteiger partial charge in [-0.05, 0) is 61.9 Å². The van der Waals surface area contributed by atoms with Crippen molar-refractivity contribution in [2.24, 2.45) is 5.73 Å². The first-order valence-corrected chi connectivity index (χ1v) is 5.54. The third-order valence-corrected chi connectivity index (χ3v) is 3.48. The highest BCUT2D eigenvalue weighted by Gasteiger charge is 2.19. The van der Waals surface area contributed by atoms with Crippen LogP contribution in [0.3, 0.4) is 0 Å². The molecule has 0 spiro atoms. The molecule has 0 aromatic heterocycles. The number of hydrogen-bond acceptors (Lipinski definition) is 3. The number of rotatable bonds is 3. The normalized spacial score (nSPS) is 12.5. The second kappa shape index (κ2) is 4.75. The highest BCUT2D eigenvalue weighted by Crippen LogP contribution is 2.31. The first kappa shape index (κ1) is 13.5. The summed E-state index contributed by atoms with van der Waals surface area (Å²) in [6, 6.07) is -0.907. The lowest BCUT2D eigenvalue weighted by Crippen LogP contribution is -2.33.